The predicted octanol–water partition coefficient (Wildman–Crippen LogP) is 7.20. The highest BCUT2D eigenvalue weighted by atomic mass is 19.1. The van der Waals surface area contributed by atoms with Crippen molar-refractivity contribution in [1.29, 1.82) is 0 Å². The zero-order valence-corrected chi connectivity index (χ0v) is 20.6. The maximum absolute atomic E-state index is 15.1. The van der Waals surface area contributed by atoms with Crippen LogP contribution in [0.1, 0.15) is 71.9 Å². The van der Waals surface area contributed by atoms with Crippen LogP contribution in [0.2, 0.25) is 0 Å². The topological polar surface area (TPSA) is 38.7 Å². The zero-order chi connectivity index (χ0) is 24.2. The summed E-state index contributed by atoms with van der Waals surface area (Å²) in [6.45, 7) is 4.91. The zero-order valence-electron chi connectivity index (χ0n) is 20.6. The molecule has 0 spiro atoms. The van der Waals surface area contributed by atoms with Crippen LogP contribution in [0.5, 0.6) is 11.5 Å². The Balaban J connectivity index is 1.26. The number of aryl methyl sites for hydroxylation is 2. The van der Waals surface area contributed by atoms with Crippen LogP contribution in [0.15, 0.2) is 48.5 Å². The largest absolute Gasteiger partial charge is 0.493 e. The molecule has 0 aromatic heterocycles. The summed E-state index contributed by atoms with van der Waals surface area (Å²) in [5.41, 5.74) is 7.54. The summed E-state index contributed by atoms with van der Waals surface area (Å²) in [5.74, 6) is 2.17. The van der Waals surface area contributed by atoms with Crippen molar-refractivity contribution < 1.29 is 19.0 Å². The molecule has 3 aliphatic rings. The molecule has 0 heterocycles. The first-order valence-corrected chi connectivity index (χ1v) is 12.9. The minimum absolute atomic E-state index is 0.0501. The molecule has 0 saturated heterocycles. The van der Waals surface area contributed by atoms with E-state index in [9.17, 15) is 5.11 Å². The van der Waals surface area contributed by atoms with Crippen LogP contribution >= 0.6 is 0 Å². The first-order chi connectivity index (χ1) is 17.0. The Labute approximate surface area is 206 Å². The van der Waals surface area contributed by atoms with Crippen molar-refractivity contribution in [3.8, 4) is 22.6 Å². The average molecular weight is 473 g/mol. The summed E-state index contributed by atoms with van der Waals surface area (Å²) in [6.07, 6.45) is 5.90. The maximum Gasteiger partial charge on any atom is 0.130 e. The Bertz CT molecular complexity index is 1230. The minimum Gasteiger partial charge on any atom is -0.493 e. The first kappa shape index (κ1) is 22.6. The molecule has 6 rings (SSSR count). The Morgan fingerprint density at radius 3 is 2.29 bits per heavy atom. The summed E-state index contributed by atoms with van der Waals surface area (Å²) in [5, 5.41) is 9.58. The number of ether oxygens (including phenoxy) is 2. The molecule has 2 saturated carbocycles. The normalized spacial score (nSPS) is 19.9. The predicted molar refractivity (Wildman–Crippen MR) is 136 cm³/mol. The van der Waals surface area contributed by atoms with Gasteiger partial charge in [-0.05, 0) is 122 Å². The molecule has 0 bridgehead atoms. The van der Waals surface area contributed by atoms with Gasteiger partial charge in [-0.2, -0.15) is 0 Å². The van der Waals surface area contributed by atoms with Gasteiger partial charge in [-0.25, -0.2) is 4.39 Å². The average Bonchev–Trinajstić information content (AvgIpc) is 3.78. The molecule has 3 aliphatic carbocycles. The number of rotatable bonds is 8. The molecule has 1 atom stereocenters. The van der Waals surface area contributed by atoms with Crippen molar-refractivity contribution in [1.82, 2.24) is 0 Å². The van der Waals surface area contributed by atoms with Gasteiger partial charge >= 0.3 is 0 Å². The SMILES string of the molecule is Cc1cc(OCC2(CO)CC2)cc(C)c1-c1ccc(F)c2c1CCC2Oc1ccc(C2CC2)cc1. The van der Waals surface area contributed by atoms with Crippen LogP contribution in [0.3, 0.4) is 0 Å². The fourth-order valence-electron chi connectivity index (χ4n) is 5.62. The van der Waals surface area contributed by atoms with Crippen molar-refractivity contribution in [2.24, 2.45) is 5.41 Å². The van der Waals surface area contributed by atoms with Crippen molar-refractivity contribution in [2.75, 3.05) is 13.2 Å². The quantitative estimate of drug-likeness (QED) is 0.377. The van der Waals surface area contributed by atoms with Crippen LogP contribution in [0, 0.1) is 25.1 Å². The van der Waals surface area contributed by atoms with Crippen molar-refractivity contribution in [3.63, 3.8) is 0 Å². The van der Waals surface area contributed by atoms with E-state index >= 15 is 4.39 Å². The van der Waals surface area contributed by atoms with E-state index in [1.54, 1.807) is 6.07 Å². The van der Waals surface area contributed by atoms with E-state index in [1.807, 2.05) is 18.2 Å². The maximum atomic E-state index is 15.1. The van der Waals surface area contributed by atoms with E-state index in [-0.39, 0.29) is 23.9 Å². The molecular weight excluding hydrogens is 439 g/mol. The summed E-state index contributed by atoms with van der Waals surface area (Å²) < 4.78 is 27.5. The van der Waals surface area contributed by atoms with E-state index in [2.05, 4.69) is 38.1 Å². The van der Waals surface area contributed by atoms with Crippen LogP contribution in [0.25, 0.3) is 11.1 Å². The molecule has 4 heteroatoms. The van der Waals surface area contributed by atoms with E-state index in [1.165, 1.54) is 18.4 Å². The molecule has 3 aromatic carbocycles. The van der Waals surface area contributed by atoms with Gasteiger partial charge in [0.05, 0.1) is 13.2 Å². The Hall–Kier alpha value is -2.85. The third-order valence-electron chi connectivity index (χ3n) is 8.10. The minimum atomic E-state index is -0.270. The molecule has 1 unspecified atom stereocenters. The van der Waals surface area contributed by atoms with Gasteiger partial charge in [-0.3, -0.25) is 0 Å². The fourth-order valence-corrected chi connectivity index (χ4v) is 5.62. The molecule has 0 aliphatic heterocycles. The molecule has 35 heavy (non-hydrogen) atoms. The van der Waals surface area contributed by atoms with Gasteiger partial charge in [0.25, 0.3) is 0 Å². The van der Waals surface area contributed by atoms with Gasteiger partial charge in [0.2, 0.25) is 0 Å². The van der Waals surface area contributed by atoms with Crippen LogP contribution in [0.4, 0.5) is 4.39 Å². The number of hydrogen-bond donors (Lipinski definition) is 1. The van der Waals surface area contributed by atoms with Crippen LogP contribution in [-0.2, 0) is 6.42 Å². The van der Waals surface area contributed by atoms with E-state index in [4.69, 9.17) is 9.47 Å². The monoisotopic (exact) mass is 472 g/mol. The van der Waals surface area contributed by atoms with E-state index in [0.717, 1.165) is 65.0 Å². The summed E-state index contributed by atoms with van der Waals surface area (Å²) in [4.78, 5) is 0. The molecule has 2 fully saturated rings. The summed E-state index contributed by atoms with van der Waals surface area (Å²) in [6, 6.07) is 16.0. The highest BCUT2D eigenvalue weighted by molar-refractivity contribution is 5.76. The van der Waals surface area contributed by atoms with Gasteiger partial charge in [0, 0.05) is 11.0 Å². The second-order valence-electron chi connectivity index (χ2n) is 10.9. The molecule has 3 aromatic rings. The lowest BCUT2D eigenvalue weighted by Crippen LogP contribution is -2.17. The second-order valence-corrected chi connectivity index (χ2v) is 10.9. The molecule has 0 radical (unpaired) electrons. The number of halogens is 1. The lowest BCUT2D eigenvalue weighted by molar-refractivity contribution is 0.146. The smallest absolute Gasteiger partial charge is 0.130 e. The number of fused-ring (bicyclic) bond motifs is 1. The number of hydrogen-bond acceptors (Lipinski definition) is 3. The number of benzene rings is 3. The highest BCUT2D eigenvalue weighted by Crippen LogP contribution is 2.47. The number of aliphatic hydroxyl groups excluding tert-OH is 1. The molecule has 182 valence electrons. The molecule has 3 nitrogen and oxygen atoms in total. The van der Waals surface area contributed by atoms with Crippen LogP contribution < -0.4 is 9.47 Å². The standard InChI is InChI=1S/C31H33FO3/c1-19-15-24(34-18-31(17-33)13-14-31)16-20(2)29(19)25-9-11-27(32)30-26(25)10-12-28(30)35-23-7-5-22(6-8-23)21-3-4-21/h5-9,11,15-16,21,28,33H,3-4,10,12-14,17-18H2,1-2H3. The van der Waals surface area contributed by atoms with Gasteiger partial charge in [-0.1, -0.05) is 18.2 Å². The Morgan fingerprint density at radius 1 is 0.943 bits per heavy atom. The van der Waals surface area contributed by atoms with Gasteiger partial charge in [0.1, 0.15) is 23.4 Å². The van der Waals surface area contributed by atoms with Crippen molar-refractivity contribution >= 4 is 0 Å². The highest BCUT2D eigenvalue weighted by Gasteiger charge is 2.43. The Kier molecular flexibility index (Phi) is 5.60. The van der Waals surface area contributed by atoms with E-state index < -0.39 is 0 Å². The van der Waals surface area contributed by atoms with Crippen molar-refractivity contribution in [2.45, 2.75) is 64.4 Å². The van der Waals surface area contributed by atoms with Crippen LogP contribution in [-0.4, -0.2) is 18.3 Å². The lowest BCUT2D eigenvalue weighted by atomic mass is 9.90. The fraction of sp³-hybridized carbons (Fsp3) is 0.419. The summed E-state index contributed by atoms with van der Waals surface area (Å²) >= 11 is 0. The molecular formula is C31H33FO3. The van der Waals surface area contributed by atoms with Gasteiger partial charge < -0.3 is 14.6 Å². The number of aliphatic hydroxyl groups is 1. The third kappa shape index (κ3) is 4.33. The van der Waals surface area contributed by atoms with Gasteiger partial charge in [0.15, 0.2) is 0 Å². The molecule has 1 N–H and O–H groups in total. The van der Waals surface area contributed by atoms with Gasteiger partial charge in [-0.15, -0.1) is 0 Å². The lowest BCUT2D eigenvalue weighted by Gasteiger charge is -2.20. The summed E-state index contributed by atoms with van der Waals surface area (Å²) in [7, 11) is 0. The Morgan fingerprint density at radius 2 is 1.66 bits per heavy atom. The third-order valence-corrected chi connectivity index (χ3v) is 8.10. The van der Waals surface area contributed by atoms with E-state index in [0.29, 0.717) is 18.1 Å². The van der Waals surface area contributed by atoms with Crippen molar-refractivity contribution in [3.05, 3.63) is 82.2 Å². The second kappa shape index (κ2) is 8.67. The molecule has 0 amide bonds. The first-order valence-electron chi connectivity index (χ1n) is 12.9.